The van der Waals surface area contributed by atoms with Crippen LogP contribution in [0.2, 0.25) is 0 Å². The molecule has 1 aromatic heterocycles. The van der Waals surface area contributed by atoms with Gasteiger partial charge in [0.1, 0.15) is 5.82 Å². The van der Waals surface area contributed by atoms with Crippen LogP contribution in [0.15, 0.2) is 12.4 Å². The highest BCUT2D eigenvalue weighted by molar-refractivity contribution is 4.95. The fourth-order valence-corrected chi connectivity index (χ4v) is 1.57. The van der Waals surface area contributed by atoms with Crippen molar-refractivity contribution in [3.05, 3.63) is 18.2 Å². The van der Waals surface area contributed by atoms with E-state index < -0.39 is 0 Å². The quantitative estimate of drug-likeness (QED) is 0.694. The fourth-order valence-electron chi connectivity index (χ4n) is 1.57. The number of rotatable bonds is 6. The summed E-state index contributed by atoms with van der Waals surface area (Å²) in [5.41, 5.74) is 5.95. The van der Waals surface area contributed by atoms with Gasteiger partial charge in [-0.3, -0.25) is 0 Å². The van der Waals surface area contributed by atoms with Gasteiger partial charge in [0.05, 0.1) is 6.04 Å². The molecule has 0 radical (unpaired) electrons. The van der Waals surface area contributed by atoms with E-state index in [1.54, 1.807) is 20.4 Å². The van der Waals surface area contributed by atoms with E-state index in [1.807, 2.05) is 6.20 Å². The highest BCUT2D eigenvalue weighted by atomic mass is 16.7. The number of hydrogen-bond donors (Lipinski definition) is 1. The number of aryl methyl sites for hydroxylation is 1. The van der Waals surface area contributed by atoms with Crippen LogP contribution in [0, 0.1) is 0 Å². The number of ether oxygens (including phenoxy) is 2. The number of hydrogen-bond acceptors (Lipinski definition) is 4. The molecule has 0 aliphatic rings. The Bertz CT molecular complexity index is 284. The molecule has 1 unspecified atom stereocenters. The third-order valence-electron chi connectivity index (χ3n) is 2.37. The van der Waals surface area contributed by atoms with Crippen molar-refractivity contribution in [3.63, 3.8) is 0 Å². The van der Waals surface area contributed by atoms with Crippen molar-refractivity contribution in [2.45, 2.75) is 32.2 Å². The van der Waals surface area contributed by atoms with Crippen LogP contribution in [0.25, 0.3) is 0 Å². The van der Waals surface area contributed by atoms with Crippen LogP contribution >= 0.6 is 0 Å². The maximum atomic E-state index is 5.95. The van der Waals surface area contributed by atoms with Crippen molar-refractivity contribution in [3.8, 4) is 0 Å². The zero-order chi connectivity index (χ0) is 11.3. The number of imidazole rings is 1. The number of nitrogens with two attached hydrogens (primary N) is 1. The molecule has 0 aliphatic heterocycles. The molecular formula is C10H19N3O2. The lowest BCUT2D eigenvalue weighted by molar-refractivity contribution is -0.116. The van der Waals surface area contributed by atoms with E-state index in [2.05, 4.69) is 16.5 Å². The van der Waals surface area contributed by atoms with Gasteiger partial charge in [0.15, 0.2) is 6.29 Å². The summed E-state index contributed by atoms with van der Waals surface area (Å²) in [4.78, 5) is 4.25. The van der Waals surface area contributed by atoms with Crippen molar-refractivity contribution in [2.24, 2.45) is 5.73 Å². The van der Waals surface area contributed by atoms with Gasteiger partial charge in [-0.25, -0.2) is 4.98 Å². The normalized spacial score (nSPS) is 13.4. The lowest BCUT2D eigenvalue weighted by Gasteiger charge is -2.20. The van der Waals surface area contributed by atoms with Crippen LogP contribution in [0.5, 0.6) is 0 Å². The number of methoxy groups -OCH3 is 2. The number of aromatic nitrogens is 2. The van der Waals surface area contributed by atoms with Crippen molar-refractivity contribution in [1.82, 2.24) is 9.55 Å². The third kappa shape index (κ3) is 3.02. The summed E-state index contributed by atoms with van der Waals surface area (Å²) >= 11 is 0. The molecule has 5 heteroatoms. The zero-order valence-electron chi connectivity index (χ0n) is 9.51. The van der Waals surface area contributed by atoms with Crippen LogP contribution < -0.4 is 5.73 Å². The highest BCUT2D eigenvalue weighted by Gasteiger charge is 2.18. The molecule has 0 saturated carbocycles. The molecular weight excluding hydrogens is 194 g/mol. The number of nitrogens with zero attached hydrogens (tertiary/aromatic N) is 2. The second kappa shape index (κ2) is 5.85. The van der Waals surface area contributed by atoms with E-state index in [1.165, 1.54) is 0 Å². The predicted molar refractivity (Wildman–Crippen MR) is 57.4 cm³/mol. The summed E-state index contributed by atoms with van der Waals surface area (Å²) in [6.45, 7) is 2.97. The topological polar surface area (TPSA) is 62.3 Å². The highest BCUT2D eigenvalue weighted by Crippen LogP contribution is 2.05. The van der Waals surface area contributed by atoms with Gasteiger partial charge in [-0.15, -0.1) is 0 Å². The Hall–Kier alpha value is -0.910. The van der Waals surface area contributed by atoms with Crippen LogP contribution in [-0.2, 0) is 22.4 Å². The van der Waals surface area contributed by atoms with E-state index in [0.717, 1.165) is 12.4 Å². The Morgan fingerprint density at radius 2 is 2.13 bits per heavy atom. The Balaban J connectivity index is 2.60. The lowest BCUT2D eigenvalue weighted by atomic mass is 10.2. The van der Waals surface area contributed by atoms with Gasteiger partial charge in [0, 0.05) is 39.6 Å². The van der Waals surface area contributed by atoms with Crippen LogP contribution in [0.3, 0.4) is 0 Å². The maximum Gasteiger partial charge on any atom is 0.172 e. The van der Waals surface area contributed by atoms with Crippen molar-refractivity contribution < 1.29 is 9.47 Å². The van der Waals surface area contributed by atoms with E-state index in [9.17, 15) is 0 Å². The molecule has 0 amide bonds. The van der Waals surface area contributed by atoms with Gasteiger partial charge in [0.2, 0.25) is 0 Å². The molecule has 86 valence electrons. The first-order valence-electron chi connectivity index (χ1n) is 5.04. The standard InChI is InChI=1S/C10H19N3O2/c1-4-13-6-5-12-9(13)7-8(11)10(14-2)15-3/h5-6,8,10H,4,7,11H2,1-3H3. The van der Waals surface area contributed by atoms with Crippen LogP contribution in [0.1, 0.15) is 12.7 Å². The Morgan fingerprint density at radius 3 is 2.67 bits per heavy atom. The van der Waals surface area contributed by atoms with Crippen LogP contribution in [0.4, 0.5) is 0 Å². The van der Waals surface area contributed by atoms with E-state index in [0.29, 0.717) is 6.42 Å². The average molecular weight is 213 g/mol. The summed E-state index contributed by atoms with van der Waals surface area (Å²) < 4.78 is 12.3. The first-order chi connectivity index (χ1) is 7.22. The molecule has 15 heavy (non-hydrogen) atoms. The van der Waals surface area contributed by atoms with E-state index in [-0.39, 0.29) is 12.3 Å². The van der Waals surface area contributed by atoms with E-state index >= 15 is 0 Å². The summed E-state index contributed by atoms with van der Waals surface area (Å²) in [6.07, 6.45) is 3.98. The summed E-state index contributed by atoms with van der Waals surface area (Å²) in [7, 11) is 3.17. The molecule has 5 nitrogen and oxygen atoms in total. The van der Waals surface area contributed by atoms with Gasteiger partial charge >= 0.3 is 0 Å². The Morgan fingerprint density at radius 1 is 1.47 bits per heavy atom. The molecule has 0 aromatic carbocycles. The summed E-state index contributed by atoms with van der Waals surface area (Å²) in [5.74, 6) is 0.962. The Kier molecular flexibility index (Phi) is 4.74. The van der Waals surface area contributed by atoms with Gasteiger partial charge in [-0.1, -0.05) is 0 Å². The lowest BCUT2D eigenvalue weighted by Crippen LogP contribution is -2.39. The molecule has 1 heterocycles. The van der Waals surface area contributed by atoms with Crippen molar-refractivity contribution in [2.75, 3.05) is 14.2 Å². The minimum absolute atomic E-state index is 0.201. The first kappa shape index (κ1) is 12.2. The average Bonchev–Trinajstić information content (AvgIpc) is 2.67. The second-order valence-electron chi connectivity index (χ2n) is 3.34. The van der Waals surface area contributed by atoms with Gasteiger partial charge in [0.25, 0.3) is 0 Å². The minimum Gasteiger partial charge on any atom is -0.354 e. The summed E-state index contributed by atoms with van der Waals surface area (Å²) in [5, 5.41) is 0. The van der Waals surface area contributed by atoms with Gasteiger partial charge < -0.3 is 19.8 Å². The maximum absolute atomic E-state index is 5.95. The predicted octanol–water partition coefficient (Wildman–Crippen LogP) is 0.392. The van der Waals surface area contributed by atoms with Gasteiger partial charge in [-0.2, -0.15) is 0 Å². The van der Waals surface area contributed by atoms with Crippen molar-refractivity contribution in [1.29, 1.82) is 0 Å². The second-order valence-corrected chi connectivity index (χ2v) is 3.34. The molecule has 0 saturated heterocycles. The SMILES string of the molecule is CCn1ccnc1CC(N)C(OC)OC. The smallest absolute Gasteiger partial charge is 0.172 e. The van der Waals surface area contributed by atoms with E-state index in [4.69, 9.17) is 15.2 Å². The molecule has 0 aliphatic carbocycles. The summed E-state index contributed by atoms with van der Waals surface area (Å²) in [6, 6.07) is -0.201. The fraction of sp³-hybridized carbons (Fsp3) is 0.700. The molecule has 1 atom stereocenters. The van der Waals surface area contributed by atoms with Crippen LogP contribution in [-0.4, -0.2) is 36.1 Å². The monoisotopic (exact) mass is 213 g/mol. The molecule has 1 aromatic rings. The molecule has 0 fully saturated rings. The van der Waals surface area contributed by atoms with Gasteiger partial charge in [-0.05, 0) is 6.92 Å². The molecule has 0 bridgehead atoms. The minimum atomic E-state index is -0.382. The Labute approximate surface area is 90.2 Å². The largest absolute Gasteiger partial charge is 0.354 e. The molecule has 1 rings (SSSR count). The third-order valence-corrected chi connectivity index (χ3v) is 2.37. The molecule has 0 spiro atoms. The molecule has 2 N–H and O–H groups in total. The first-order valence-corrected chi connectivity index (χ1v) is 5.04. The zero-order valence-corrected chi connectivity index (χ0v) is 9.51. The van der Waals surface area contributed by atoms with Crippen molar-refractivity contribution >= 4 is 0 Å².